The predicted molar refractivity (Wildman–Crippen MR) is 153 cm³/mol. The van der Waals surface area contributed by atoms with E-state index >= 15 is 0 Å². The van der Waals surface area contributed by atoms with Crippen molar-refractivity contribution >= 4 is 59.1 Å². The summed E-state index contributed by atoms with van der Waals surface area (Å²) < 4.78 is 16.1. The van der Waals surface area contributed by atoms with Crippen molar-refractivity contribution in [2.75, 3.05) is 32.0 Å². The van der Waals surface area contributed by atoms with Crippen molar-refractivity contribution < 1.29 is 19.0 Å². The first-order valence-corrected chi connectivity index (χ1v) is 11.7. The summed E-state index contributed by atoms with van der Waals surface area (Å²) in [7, 11) is 4.68. The normalized spacial score (nSPS) is 16.3. The fourth-order valence-corrected chi connectivity index (χ4v) is 4.38. The number of amides is 1. The second kappa shape index (κ2) is 13.7. The highest BCUT2D eigenvalue weighted by molar-refractivity contribution is 6.04. The van der Waals surface area contributed by atoms with Gasteiger partial charge in [-0.2, -0.15) is 0 Å². The van der Waals surface area contributed by atoms with Gasteiger partial charge in [-0.25, -0.2) is 9.97 Å². The Morgan fingerprint density at radius 2 is 1.58 bits per heavy atom. The highest BCUT2D eigenvalue weighted by Crippen LogP contribution is 2.35. The molecule has 0 saturated heterocycles. The molecule has 1 heterocycles. The Hall–Kier alpha value is -3.70. The van der Waals surface area contributed by atoms with E-state index in [-0.39, 0.29) is 48.7 Å². The fourth-order valence-electron chi connectivity index (χ4n) is 4.38. The number of hydrogen-bond acceptors (Lipinski definition) is 8. The van der Waals surface area contributed by atoms with E-state index in [9.17, 15) is 4.79 Å². The standard InChI is InChI=1S/C25H31N7O4.2ClH/c1-34-15-10-8-14(9-11-15)28-24(33)23-30-19-13-21(36-3)20(35-2)12-16(19)22(32-23)29-17-6-4-5-7-18(17)31-25(26)27;;/h8-13,17-18H,4-7H2,1-3H3,(H,28,33)(H4,26,27,31)(H,29,30,32);2*1H/t17-,18+;;/m0../s1. The summed E-state index contributed by atoms with van der Waals surface area (Å²) in [6.07, 6.45) is 3.78. The maximum absolute atomic E-state index is 13.1. The lowest BCUT2D eigenvalue weighted by Crippen LogP contribution is -2.50. The molecule has 1 amide bonds. The van der Waals surface area contributed by atoms with Gasteiger partial charge in [0.25, 0.3) is 5.91 Å². The Morgan fingerprint density at radius 1 is 0.947 bits per heavy atom. The molecule has 1 aliphatic rings. The van der Waals surface area contributed by atoms with Crippen molar-refractivity contribution in [1.29, 1.82) is 5.41 Å². The van der Waals surface area contributed by atoms with Gasteiger partial charge in [-0.3, -0.25) is 10.2 Å². The van der Waals surface area contributed by atoms with Crippen LogP contribution in [0.4, 0.5) is 11.5 Å². The van der Waals surface area contributed by atoms with Crippen molar-refractivity contribution in [2.45, 2.75) is 37.8 Å². The lowest BCUT2D eigenvalue weighted by molar-refractivity contribution is 0.101. The molecule has 1 aliphatic carbocycles. The number of carbonyl (C=O) groups excluding carboxylic acids is 1. The third kappa shape index (κ3) is 6.99. The van der Waals surface area contributed by atoms with Gasteiger partial charge < -0.3 is 35.9 Å². The number of rotatable bonds is 8. The van der Waals surface area contributed by atoms with Gasteiger partial charge in [-0.1, -0.05) is 12.8 Å². The Balaban J connectivity index is 0.00000253. The molecule has 11 nitrogen and oxygen atoms in total. The maximum Gasteiger partial charge on any atom is 0.293 e. The molecule has 0 unspecified atom stereocenters. The van der Waals surface area contributed by atoms with Crippen LogP contribution in [0.15, 0.2) is 36.4 Å². The number of anilines is 2. The van der Waals surface area contributed by atoms with Gasteiger partial charge in [0, 0.05) is 29.2 Å². The van der Waals surface area contributed by atoms with Crippen LogP contribution >= 0.6 is 24.8 Å². The van der Waals surface area contributed by atoms with Gasteiger partial charge in [0.05, 0.1) is 26.8 Å². The first-order chi connectivity index (χ1) is 17.4. The van der Waals surface area contributed by atoms with Crippen molar-refractivity contribution in [3.63, 3.8) is 0 Å². The molecule has 1 fully saturated rings. The van der Waals surface area contributed by atoms with Gasteiger partial charge in [-0.15, -0.1) is 24.8 Å². The molecular formula is C25H33Cl2N7O4. The number of nitrogens with one attached hydrogen (secondary N) is 4. The maximum atomic E-state index is 13.1. The summed E-state index contributed by atoms with van der Waals surface area (Å²) in [6, 6.07) is 10.4. The molecule has 0 aliphatic heterocycles. The van der Waals surface area contributed by atoms with Crippen molar-refractivity contribution in [2.24, 2.45) is 5.73 Å². The van der Waals surface area contributed by atoms with E-state index in [1.54, 1.807) is 57.7 Å². The lowest BCUT2D eigenvalue weighted by Gasteiger charge is -2.33. The second-order valence-electron chi connectivity index (χ2n) is 8.50. The summed E-state index contributed by atoms with van der Waals surface area (Å²) in [5.74, 6) is 1.65. The second-order valence-corrected chi connectivity index (χ2v) is 8.50. The number of hydrogen-bond donors (Lipinski definition) is 5. The minimum Gasteiger partial charge on any atom is -0.497 e. The number of guanidine groups is 1. The average Bonchev–Trinajstić information content (AvgIpc) is 2.89. The van der Waals surface area contributed by atoms with Crippen LogP contribution in [0.2, 0.25) is 0 Å². The van der Waals surface area contributed by atoms with Crippen molar-refractivity contribution in [1.82, 2.24) is 15.3 Å². The molecule has 206 valence electrons. The minimum atomic E-state index is -0.457. The third-order valence-electron chi connectivity index (χ3n) is 6.18. The average molecular weight is 566 g/mol. The van der Waals surface area contributed by atoms with Crippen LogP contribution in [0.25, 0.3) is 10.9 Å². The first kappa shape index (κ1) is 30.5. The molecule has 4 rings (SSSR count). The quantitative estimate of drug-likeness (QED) is 0.201. The number of nitrogens with two attached hydrogens (primary N) is 1. The Kier molecular flexibility index (Phi) is 11.0. The van der Waals surface area contributed by atoms with Crippen LogP contribution in [0.3, 0.4) is 0 Å². The number of methoxy groups -OCH3 is 3. The molecule has 38 heavy (non-hydrogen) atoms. The number of halogens is 2. The molecule has 0 spiro atoms. The molecule has 0 bridgehead atoms. The summed E-state index contributed by atoms with van der Waals surface area (Å²) in [5.41, 5.74) is 6.73. The monoisotopic (exact) mass is 565 g/mol. The number of nitrogens with zero attached hydrogens (tertiary/aromatic N) is 2. The van der Waals surface area contributed by atoms with Gasteiger partial charge >= 0.3 is 0 Å². The molecule has 13 heteroatoms. The zero-order chi connectivity index (χ0) is 25.7. The molecule has 2 aromatic carbocycles. The minimum absolute atomic E-state index is 0. The Morgan fingerprint density at radius 3 is 2.18 bits per heavy atom. The van der Waals surface area contributed by atoms with E-state index in [2.05, 4.69) is 25.9 Å². The third-order valence-corrected chi connectivity index (χ3v) is 6.18. The number of aromatic nitrogens is 2. The number of carbonyl (C=O) groups is 1. The van der Waals surface area contributed by atoms with Crippen LogP contribution in [-0.2, 0) is 0 Å². The Labute approximate surface area is 233 Å². The van der Waals surface area contributed by atoms with Gasteiger partial charge in [0.1, 0.15) is 11.6 Å². The molecule has 1 saturated carbocycles. The largest absolute Gasteiger partial charge is 0.497 e. The number of ether oxygens (including phenoxy) is 3. The predicted octanol–water partition coefficient (Wildman–Crippen LogP) is 3.96. The molecule has 2 atom stereocenters. The van der Waals surface area contributed by atoms with Crippen molar-refractivity contribution in [3.8, 4) is 17.2 Å². The van der Waals surface area contributed by atoms with E-state index in [0.717, 1.165) is 25.7 Å². The van der Waals surface area contributed by atoms with E-state index in [1.807, 2.05) is 0 Å². The van der Waals surface area contributed by atoms with E-state index in [0.29, 0.717) is 39.7 Å². The highest BCUT2D eigenvalue weighted by Gasteiger charge is 2.27. The summed E-state index contributed by atoms with van der Waals surface area (Å²) in [4.78, 5) is 22.3. The molecule has 1 aromatic heterocycles. The SMILES string of the molecule is COc1ccc(NC(=O)c2nc(N[C@H]3CCCC[C@H]3NC(=N)N)c3cc(OC)c(OC)cc3n2)cc1.Cl.Cl. The van der Waals surface area contributed by atoms with Crippen LogP contribution in [0, 0.1) is 5.41 Å². The van der Waals surface area contributed by atoms with E-state index in [1.165, 1.54) is 0 Å². The lowest BCUT2D eigenvalue weighted by atomic mass is 9.90. The smallest absolute Gasteiger partial charge is 0.293 e. The van der Waals surface area contributed by atoms with Crippen LogP contribution in [0.5, 0.6) is 17.2 Å². The topological polar surface area (TPSA) is 156 Å². The van der Waals surface area contributed by atoms with Crippen molar-refractivity contribution in [3.05, 3.63) is 42.2 Å². The number of fused-ring (bicyclic) bond motifs is 1. The summed E-state index contributed by atoms with van der Waals surface area (Å²) in [5, 5.41) is 17.7. The van der Waals surface area contributed by atoms with Crippen LogP contribution < -0.4 is 35.9 Å². The van der Waals surface area contributed by atoms with E-state index in [4.69, 9.17) is 25.4 Å². The molecular weight excluding hydrogens is 533 g/mol. The molecule has 6 N–H and O–H groups in total. The van der Waals surface area contributed by atoms with E-state index < -0.39 is 5.91 Å². The summed E-state index contributed by atoms with van der Waals surface area (Å²) >= 11 is 0. The fraction of sp³-hybridized carbons (Fsp3) is 0.360. The summed E-state index contributed by atoms with van der Waals surface area (Å²) in [6.45, 7) is 0. The molecule has 3 aromatic rings. The van der Waals surface area contributed by atoms with Crippen LogP contribution in [-0.4, -0.2) is 55.2 Å². The first-order valence-electron chi connectivity index (χ1n) is 11.7. The Bertz CT molecular complexity index is 1260. The zero-order valence-corrected chi connectivity index (χ0v) is 23.0. The van der Waals surface area contributed by atoms with Gasteiger partial charge in [0.2, 0.25) is 5.82 Å². The molecule has 0 radical (unpaired) electrons. The number of benzene rings is 2. The van der Waals surface area contributed by atoms with Gasteiger partial charge in [0.15, 0.2) is 17.5 Å². The van der Waals surface area contributed by atoms with Gasteiger partial charge in [-0.05, 0) is 43.2 Å². The highest BCUT2D eigenvalue weighted by atomic mass is 35.5. The zero-order valence-electron chi connectivity index (χ0n) is 21.4. The van der Waals surface area contributed by atoms with Crippen LogP contribution in [0.1, 0.15) is 36.3 Å².